The largest absolute Gasteiger partial charge is 0.378 e. The molecule has 24 heavy (non-hydrogen) atoms. The third-order valence-corrected chi connectivity index (χ3v) is 5.34. The molecule has 1 aliphatic heterocycles. The molecule has 128 valence electrons. The molecule has 0 spiro atoms. The van der Waals surface area contributed by atoms with E-state index in [1.165, 1.54) is 12.1 Å². The Morgan fingerprint density at radius 3 is 2.42 bits per heavy atom. The summed E-state index contributed by atoms with van der Waals surface area (Å²) in [6, 6.07) is 12.5. The molecule has 1 aliphatic rings. The van der Waals surface area contributed by atoms with Crippen LogP contribution in [-0.4, -0.2) is 34.7 Å². The van der Waals surface area contributed by atoms with Crippen molar-refractivity contribution in [1.82, 2.24) is 4.72 Å². The molecule has 0 atom stereocenters. The van der Waals surface area contributed by atoms with Crippen LogP contribution in [0.5, 0.6) is 0 Å². The maximum atomic E-state index is 13.0. The molecule has 0 aromatic heterocycles. The predicted octanol–water partition coefficient (Wildman–Crippen LogP) is 2.14. The van der Waals surface area contributed by atoms with Crippen LogP contribution in [0.2, 0.25) is 0 Å². The van der Waals surface area contributed by atoms with E-state index in [0.29, 0.717) is 13.2 Å². The van der Waals surface area contributed by atoms with Crippen LogP contribution in [0, 0.1) is 5.82 Å². The Hall–Kier alpha value is -1.96. The lowest BCUT2D eigenvalue weighted by Crippen LogP contribution is -2.37. The van der Waals surface area contributed by atoms with E-state index in [1.807, 2.05) is 24.3 Å². The van der Waals surface area contributed by atoms with Gasteiger partial charge in [-0.2, -0.15) is 0 Å². The number of morpholine rings is 1. The number of hydrogen-bond acceptors (Lipinski definition) is 4. The molecule has 7 heteroatoms. The highest BCUT2D eigenvalue weighted by Crippen LogP contribution is 2.22. The summed E-state index contributed by atoms with van der Waals surface area (Å²) in [6.45, 7) is 3.06. The standard InChI is InChI=1S/C17H19FN2O3S/c18-15-5-7-16(8-6-15)24(21,22)19-13-14-3-1-2-4-17(14)20-9-11-23-12-10-20/h1-8,19H,9-13H2. The van der Waals surface area contributed by atoms with Crippen LogP contribution in [0.15, 0.2) is 53.4 Å². The third-order valence-electron chi connectivity index (χ3n) is 3.92. The molecular weight excluding hydrogens is 331 g/mol. The van der Waals surface area contributed by atoms with Crippen molar-refractivity contribution in [2.24, 2.45) is 0 Å². The highest BCUT2D eigenvalue weighted by Gasteiger charge is 2.17. The zero-order chi connectivity index (χ0) is 17.0. The second-order valence-corrected chi connectivity index (χ2v) is 7.27. The zero-order valence-electron chi connectivity index (χ0n) is 13.1. The van der Waals surface area contributed by atoms with Crippen molar-refractivity contribution in [3.8, 4) is 0 Å². The van der Waals surface area contributed by atoms with E-state index >= 15 is 0 Å². The quantitative estimate of drug-likeness (QED) is 0.898. The topological polar surface area (TPSA) is 58.6 Å². The van der Waals surface area contributed by atoms with Gasteiger partial charge in [-0.25, -0.2) is 17.5 Å². The van der Waals surface area contributed by atoms with Gasteiger partial charge in [0.15, 0.2) is 0 Å². The first-order valence-electron chi connectivity index (χ1n) is 7.72. The molecule has 0 bridgehead atoms. The van der Waals surface area contributed by atoms with Gasteiger partial charge >= 0.3 is 0 Å². The molecule has 0 saturated carbocycles. The van der Waals surface area contributed by atoms with Gasteiger partial charge in [0.2, 0.25) is 10.0 Å². The van der Waals surface area contributed by atoms with Crippen molar-refractivity contribution in [1.29, 1.82) is 0 Å². The highest BCUT2D eigenvalue weighted by molar-refractivity contribution is 7.89. The molecule has 1 fully saturated rings. The number of nitrogens with zero attached hydrogens (tertiary/aromatic N) is 1. The summed E-state index contributed by atoms with van der Waals surface area (Å²) in [5.41, 5.74) is 1.90. The molecule has 0 aliphatic carbocycles. The number of nitrogens with one attached hydrogen (secondary N) is 1. The van der Waals surface area contributed by atoms with Crippen LogP contribution in [0.3, 0.4) is 0 Å². The van der Waals surface area contributed by atoms with Crippen LogP contribution < -0.4 is 9.62 Å². The first-order valence-corrected chi connectivity index (χ1v) is 9.20. The van der Waals surface area contributed by atoms with Crippen molar-refractivity contribution in [3.63, 3.8) is 0 Å². The maximum Gasteiger partial charge on any atom is 0.240 e. The molecule has 0 amide bonds. The Balaban J connectivity index is 1.75. The summed E-state index contributed by atoms with van der Waals surface area (Å²) in [5, 5.41) is 0. The number of benzene rings is 2. The Morgan fingerprint density at radius 2 is 1.71 bits per heavy atom. The van der Waals surface area contributed by atoms with Crippen molar-refractivity contribution in [3.05, 3.63) is 59.9 Å². The number of anilines is 1. The number of halogens is 1. The second-order valence-electron chi connectivity index (χ2n) is 5.51. The number of ether oxygens (including phenoxy) is 1. The average molecular weight is 350 g/mol. The zero-order valence-corrected chi connectivity index (χ0v) is 13.9. The Labute approximate surface area is 141 Å². The van der Waals surface area contributed by atoms with Crippen molar-refractivity contribution in [2.75, 3.05) is 31.2 Å². The van der Waals surface area contributed by atoms with Crippen LogP contribution in [0.25, 0.3) is 0 Å². The first-order chi connectivity index (χ1) is 11.6. The van der Waals surface area contributed by atoms with Crippen LogP contribution in [0.4, 0.5) is 10.1 Å². The van der Waals surface area contributed by atoms with Gasteiger partial charge in [-0.3, -0.25) is 0 Å². The predicted molar refractivity (Wildman–Crippen MR) is 89.9 cm³/mol. The van der Waals surface area contributed by atoms with E-state index in [-0.39, 0.29) is 11.4 Å². The van der Waals surface area contributed by atoms with E-state index in [0.717, 1.165) is 36.5 Å². The Bertz CT molecular complexity index is 788. The lowest BCUT2D eigenvalue weighted by atomic mass is 10.1. The summed E-state index contributed by atoms with van der Waals surface area (Å²) in [7, 11) is -3.68. The van der Waals surface area contributed by atoms with Gasteiger partial charge in [0.05, 0.1) is 18.1 Å². The minimum Gasteiger partial charge on any atom is -0.378 e. The highest BCUT2D eigenvalue weighted by atomic mass is 32.2. The van der Waals surface area contributed by atoms with Gasteiger partial charge in [-0.15, -0.1) is 0 Å². The summed E-state index contributed by atoms with van der Waals surface area (Å²) >= 11 is 0. The molecular formula is C17H19FN2O3S. The normalized spacial score (nSPS) is 15.5. The van der Waals surface area contributed by atoms with Crippen LogP contribution in [0.1, 0.15) is 5.56 Å². The van der Waals surface area contributed by atoms with Crippen LogP contribution >= 0.6 is 0 Å². The van der Waals surface area contributed by atoms with E-state index in [4.69, 9.17) is 4.74 Å². The molecule has 2 aromatic carbocycles. The molecule has 2 aromatic rings. The lowest BCUT2D eigenvalue weighted by Gasteiger charge is -2.30. The van der Waals surface area contributed by atoms with E-state index in [1.54, 1.807) is 0 Å². The summed E-state index contributed by atoms with van der Waals surface area (Å²) in [6.07, 6.45) is 0. The Kier molecular flexibility index (Phi) is 5.13. The monoisotopic (exact) mass is 350 g/mol. The molecule has 0 unspecified atom stereocenters. The smallest absolute Gasteiger partial charge is 0.240 e. The minimum absolute atomic E-state index is 0.0488. The molecule has 5 nitrogen and oxygen atoms in total. The number of para-hydroxylation sites is 1. The SMILES string of the molecule is O=S(=O)(NCc1ccccc1N1CCOCC1)c1ccc(F)cc1. The van der Waals surface area contributed by atoms with Gasteiger partial charge in [0, 0.05) is 25.3 Å². The van der Waals surface area contributed by atoms with Crippen molar-refractivity contribution >= 4 is 15.7 Å². The fraction of sp³-hybridized carbons (Fsp3) is 0.294. The minimum atomic E-state index is -3.68. The van der Waals surface area contributed by atoms with Crippen molar-refractivity contribution < 1.29 is 17.5 Å². The average Bonchev–Trinajstić information content (AvgIpc) is 2.61. The third kappa shape index (κ3) is 3.92. The van der Waals surface area contributed by atoms with Crippen molar-refractivity contribution in [2.45, 2.75) is 11.4 Å². The molecule has 1 heterocycles. The molecule has 1 saturated heterocycles. The Morgan fingerprint density at radius 1 is 1.04 bits per heavy atom. The van der Waals surface area contributed by atoms with E-state index in [9.17, 15) is 12.8 Å². The second kappa shape index (κ2) is 7.29. The summed E-state index contributed by atoms with van der Waals surface area (Å²) in [5.74, 6) is -0.466. The van der Waals surface area contributed by atoms with Gasteiger partial charge in [-0.1, -0.05) is 18.2 Å². The number of hydrogen-bond donors (Lipinski definition) is 1. The number of sulfonamides is 1. The van der Waals surface area contributed by atoms with Gasteiger partial charge in [0.25, 0.3) is 0 Å². The summed E-state index contributed by atoms with van der Waals surface area (Å²) in [4.78, 5) is 2.23. The fourth-order valence-electron chi connectivity index (χ4n) is 2.64. The number of rotatable bonds is 5. The maximum absolute atomic E-state index is 13.0. The van der Waals surface area contributed by atoms with Crippen LogP contribution in [-0.2, 0) is 21.3 Å². The van der Waals surface area contributed by atoms with Gasteiger partial charge < -0.3 is 9.64 Å². The molecule has 1 N–H and O–H groups in total. The van der Waals surface area contributed by atoms with Gasteiger partial charge in [-0.05, 0) is 35.9 Å². The van der Waals surface area contributed by atoms with Gasteiger partial charge in [0.1, 0.15) is 5.82 Å². The summed E-state index contributed by atoms with van der Waals surface area (Å²) < 4.78 is 45.6. The molecule has 3 rings (SSSR count). The first kappa shape index (κ1) is 16.9. The van der Waals surface area contributed by atoms with E-state index in [2.05, 4.69) is 9.62 Å². The molecule has 0 radical (unpaired) electrons. The lowest BCUT2D eigenvalue weighted by molar-refractivity contribution is 0.122. The van der Waals surface area contributed by atoms with E-state index < -0.39 is 15.8 Å². The fourth-order valence-corrected chi connectivity index (χ4v) is 3.65.